The fourth-order valence-electron chi connectivity index (χ4n) is 4.41. The van der Waals surface area contributed by atoms with Gasteiger partial charge in [-0.3, -0.25) is 9.59 Å². The average Bonchev–Trinajstić information content (AvgIpc) is 3.23. The first-order chi connectivity index (χ1) is 12.7. The van der Waals surface area contributed by atoms with Crippen molar-refractivity contribution in [2.75, 3.05) is 11.9 Å². The van der Waals surface area contributed by atoms with E-state index in [2.05, 4.69) is 15.2 Å². The molecule has 1 aromatic carbocycles. The van der Waals surface area contributed by atoms with Gasteiger partial charge >= 0.3 is 0 Å². The number of nitrogens with one attached hydrogen (secondary N) is 2. The average molecular weight is 351 g/mol. The minimum atomic E-state index is -0.185. The molecule has 1 saturated carbocycles. The predicted molar refractivity (Wildman–Crippen MR) is 101 cm³/mol. The van der Waals surface area contributed by atoms with Crippen molar-refractivity contribution in [1.82, 2.24) is 9.88 Å². The Bertz CT molecular complexity index is 765. The first-order valence-corrected chi connectivity index (χ1v) is 9.58. The van der Waals surface area contributed by atoms with E-state index in [1.165, 1.54) is 25.7 Å². The SMILES string of the molecule is O=C(Nc1ccc(C(=O)N2CCC[C@@H]3CCCC[C@@H]32)cc1)c1ccc[nH]1. The molecular formula is C21H25N3O2. The molecule has 5 nitrogen and oxygen atoms in total. The van der Waals surface area contributed by atoms with Crippen molar-refractivity contribution in [3.63, 3.8) is 0 Å². The van der Waals surface area contributed by atoms with E-state index in [1.807, 2.05) is 12.1 Å². The van der Waals surface area contributed by atoms with Crippen molar-refractivity contribution in [3.05, 3.63) is 53.9 Å². The summed E-state index contributed by atoms with van der Waals surface area (Å²) in [4.78, 5) is 30.1. The Balaban J connectivity index is 1.44. The van der Waals surface area contributed by atoms with Gasteiger partial charge in [-0.25, -0.2) is 0 Å². The standard InChI is InChI=1S/C21H25N3O2/c25-20(18-7-3-13-22-18)23-17-11-9-16(10-12-17)21(26)24-14-4-6-15-5-1-2-8-19(15)24/h3,7,9-13,15,19,22H,1-2,4-6,8,14H2,(H,23,25)/t15-,19-/m0/s1. The van der Waals surface area contributed by atoms with Crippen LogP contribution >= 0.6 is 0 Å². The van der Waals surface area contributed by atoms with E-state index in [1.54, 1.807) is 30.5 Å². The number of aromatic amines is 1. The summed E-state index contributed by atoms with van der Waals surface area (Å²) >= 11 is 0. The van der Waals surface area contributed by atoms with Gasteiger partial charge in [0.15, 0.2) is 0 Å². The van der Waals surface area contributed by atoms with Gasteiger partial charge in [0.25, 0.3) is 11.8 Å². The highest BCUT2D eigenvalue weighted by Gasteiger charge is 2.35. The molecule has 5 heteroatoms. The number of H-pyrrole nitrogens is 1. The van der Waals surface area contributed by atoms with Gasteiger partial charge in [0.1, 0.15) is 5.69 Å². The van der Waals surface area contributed by atoms with E-state index in [0.717, 1.165) is 19.4 Å². The van der Waals surface area contributed by atoms with Crippen LogP contribution in [0, 0.1) is 5.92 Å². The summed E-state index contributed by atoms with van der Waals surface area (Å²) in [7, 11) is 0. The number of nitrogens with zero attached hydrogens (tertiary/aromatic N) is 1. The number of likely N-dealkylation sites (tertiary alicyclic amines) is 1. The maximum absolute atomic E-state index is 13.0. The van der Waals surface area contributed by atoms with E-state index < -0.39 is 0 Å². The second-order valence-electron chi connectivity index (χ2n) is 7.37. The number of amides is 2. The molecule has 2 N–H and O–H groups in total. The van der Waals surface area contributed by atoms with Crippen LogP contribution in [0.3, 0.4) is 0 Å². The summed E-state index contributed by atoms with van der Waals surface area (Å²) in [5.41, 5.74) is 1.91. The second kappa shape index (κ2) is 7.36. The van der Waals surface area contributed by atoms with Gasteiger partial charge in [-0.2, -0.15) is 0 Å². The molecule has 2 aromatic rings. The molecule has 1 aliphatic heterocycles. The third-order valence-electron chi connectivity index (χ3n) is 5.74. The van der Waals surface area contributed by atoms with Crippen LogP contribution in [-0.4, -0.2) is 34.3 Å². The van der Waals surface area contributed by atoms with Gasteiger partial charge in [-0.05, 0) is 68.0 Å². The van der Waals surface area contributed by atoms with E-state index in [0.29, 0.717) is 28.9 Å². The van der Waals surface area contributed by atoms with Crippen LogP contribution < -0.4 is 5.32 Å². The first kappa shape index (κ1) is 16.9. The minimum absolute atomic E-state index is 0.129. The Hall–Kier alpha value is -2.56. The number of carbonyl (C=O) groups is 2. The lowest BCUT2D eigenvalue weighted by Gasteiger charge is -2.44. The summed E-state index contributed by atoms with van der Waals surface area (Å²) in [5, 5.41) is 2.84. The highest BCUT2D eigenvalue weighted by atomic mass is 16.2. The van der Waals surface area contributed by atoms with Crippen LogP contribution in [0.4, 0.5) is 5.69 Å². The largest absolute Gasteiger partial charge is 0.357 e. The zero-order chi connectivity index (χ0) is 17.9. The first-order valence-electron chi connectivity index (χ1n) is 9.58. The molecule has 4 rings (SSSR count). The third kappa shape index (κ3) is 3.39. The number of anilines is 1. The predicted octanol–water partition coefficient (Wildman–Crippen LogP) is 4.06. The molecule has 2 heterocycles. The topological polar surface area (TPSA) is 65.2 Å². The Morgan fingerprint density at radius 1 is 1.00 bits per heavy atom. The molecule has 136 valence electrons. The van der Waals surface area contributed by atoms with E-state index >= 15 is 0 Å². The number of carbonyl (C=O) groups excluding carboxylic acids is 2. The molecule has 26 heavy (non-hydrogen) atoms. The number of fused-ring (bicyclic) bond motifs is 1. The van der Waals surface area contributed by atoms with Crippen molar-refractivity contribution in [2.24, 2.45) is 5.92 Å². The Kier molecular flexibility index (Phi) is 4.78. The summed E-state index contributed by atoms with van der Waals surface area (Å²) in [6, 6.07) is 11.2. The third-order valence-corrected chi connectivity index (χ3v) is 5.74. The fraction of sp³-hybridized carbons (Fsp3) is 0.429. The minimum Gasteiger partial charge on any atom is -0.357 e. The maximum atomic E-state index is 13.0. The number of piperidine rings is 1. The molecule has 0 radical (unpaired) electrons. The zero-order valence-electron chi connectivity index (χ0n) is 14.9. The molecule has 2 fully saturated rings. The van der Waals surface area contributed by atoms with Crippen molar-refractivity contribution < 1.29 is 9.59 Å². The van der Waals surface area contributed by atoms with E-state index in [9.17, 15) is 9.59 Å². The molecule has 1 aromatic heterocycles. The monoisotopic (exact) mass is 351 g/mol. The normalized spacial score (nSPS) is 22.5. The van der Waals surface area contributed by atoms with Crippen LogP contribution in [0.5, 0.6) is 0 Å². The van der Waals surface area contributed by atoms with Gasteiger partial charge < -0.3 is 15.2 Å². The molecule has 0 unspecified atom stereocenters. The molecule has 0 bridgehead atoms. The van der Waals surface area contributed by atoms with Gasteiger partial charge in [-0.1, -0.05) is 12.8 Å². The highest BCUT2D eigenvalue weighted by molar-refractivity contribution is 6.03. The van der Waals surface area contributed by atoms with Crippen LogP contribution in [0.1, 0.15) is 59.4 Å². The molecule has 1 aliphatic carbocycles. The van der Waals surface area contributed by atoms with Gasteiger partial charge in [0, 0.05) is 30.0 Å². The highest BCUT2D eigenvalue weighted by Crippen LogP contribution is 2.36. The van der Waals surface area contributed by atoms with E-state index in [-0.39, 0.29) is 11.8 Å². The van der Waals surface area contributed by atoms with Crippen LogP contribution in [0.2, 0.25) is 0 Å². The zero-order valence-corrected chi connectivity index (χ0v) is 14.9. The van der Waals surface area contributed by atoms with Gasteiger partial charge in [-0.15, -0.1) is 0 Å². The number of benzene rings is 1. The van der Waals surface area contributed by atoms with Crippen molar-refractivity contribution in [1.29, 1.82) is 0 Å². The van der Waals surface area contributed by atoms with Crippen LogP contribution in [-0.2, 0) is 0 Å². The van der Waals surface area contributed by atoms with Crippen molar-refractivity contribution in [2.45, 2.75) is 44.6 Å². The molecule has 2 amide bonds. The Morgan fingerprint density at radius 3 is 2.54 bits per heavy atom. The number of rotatable bonds is 3. The molecule has 2 atom stereocenters. The van der Waals surface area contributed by atoms with Crippen molar-refractivity contribution >= 4 is 17.5 Å². The summed E-state index contributed by atoms with van der Waals surface area (Å²) in [6.07, 6.45) is 9.02. The molecule has 1 saturated heterocycles. The fourth-order valence-corrected chi connectivity index (χ4v) is 4.41. The lowest BCUT2D eigenvalue weighted by Crippen LogP contribution is -2.49. The van der Waals surface area contributed by atoms with E-state index in [4.69, 9.17) is 0 Å². The number of hydrogen-bond donors (Lipinski definition) is 2. The van der Waals surface area contributed by atoms with Crippen molar-refractivity contribution in [3.8, 4) is 0 Å². The Morgan fingerprint density at radius 2 is 1.77 bits per heavy atom. The Labute approximate surface area is 153 Å². The van der Waals surface area contributed by atoms with Gasteiger partial charge in [0.05, 0.1) is 0 Å². The summed E-state index contributed by atoms with van der Waals surface area (Å²) < 4.78 is 0. The number of aromatic nitrogens is 1. The smallest absolute Gasteiger partial charge is 0.272 e. The van der Waals surface area contributed by atoms with Crippen LogP contribution in [0.15, 0.2) is 42.6 Å². The lowest BCUT2D eigenvalue weighted by atomic mass is 9.78. The second-order valence-corrected chi connectivity index (χ2v) is 7.37. The quantitative estimate of drug-likeness (QED) is 0.876. The maximum Gasteiger partial charge on any atom is 0.272 e. The molecule has 2 aliphatic rings. The summed E-state index contributed by atoms with van der Waals surface area (Å²) in [5.74, 6) is 0.625. The van der Waals surface area contributed by atoms with Crippen LogP contribution in [0.25, 0.3) is 0 Å². The lowest BCUT2D eigenvalue weighted by molar-refractivity contribution is 0.0390. The molecular weight excluding hydrogens is 326 g/mol. The summed E-state index contributed by atoms with van der Waals surface area (Å²) in [6.45, 7) is 0.866. The number of hydrogen-bond acceptors (Lipinski definition) is 2. The van der Waals surface area contributed by atoms with Gasteiger partial charge in [0.2, 0.25) is 0 Å². The molecule has 0 spiro atoms.